The normalized spacial score (nSPS) is 27.0. The Hall–Kier alpha value is -1.58. The summed E-state index contributed by atoms with van der Waals surface area (Å²) in [6, 6.07) is 3.69. The zero-order chi connectivity index (χ0) is 14.0. The summed E-state index contributed by atoms with van der Waals surface area (Å²) in [7, 11) is 0. The number of rotatable bonds is 2. The predicted molar refractivity (Wildman–Crippen MR) is 76.8 cm³/mol. The van der Waals surface area contributed by atoms with E-state index in [1.54, 1.807) is 12.1 Å². The van der Waals surface area contributed by atoms with Gasteiger partial charge in [-0.15, -0.1) is 0 Å². The van der Waals surface area contributed by atoms with Crippen molar-refractivity contribution in [2.75, 3.05) is 5.73 Å². The number of hydrogen-bond acceptors (Lipinski definition) is 3. The van der Waals surface area contributed by atoms with Crippen molar-refractivity contribution in [3.63, 3.8) is 0 Å². The molecule has 0 radical (unpaired) electrons. The van der Waals surface area contributed by atoms with Crippen molar-refractivity contribution in [3.05, 3.63) is 23.4 Å². The molecule has 1 fully saturated rings. The molecule has 1 heterocycles. The minimum atomic E-state index is -0.0384. The number of carbonyl (C=O) groups excluding carboxylic acids is 1. The Morgan fingerprint density at radius 2 is 1.89 bits per heavy atom. The van der Waals surface area contributed by atoms with Gasteiger partial charge < -0.3 is 11.1 Å². The largest absolute Gasteiger partial charge is 0.384 e. The topological polar surface area (TPSA) is 68.0 Å². The maximum atomic E-state index is 12.2. The van der Waals surface area contributed by atoms with Gasteiger partial charge in [0.1, 0.15) is 5.82 Å². The van der Waals surface area contributed by atoms with E-state index in [0.717, 1.165) is 18.5 Å². The molecular formula is C15H23N3O. The highest BCUT2D eigenvalue weighted by Crippen LogP contribution is 2.28. The molecule has 2 atom stereocenters. The molecule has 1 amide bonds. The van der Waals surface area contributed by atoms with Crippen molar-refractivity contribution in [1.29, 1.82) is 0 Å². The third-order valence-corrected chi connectivity index (χ3v) is 3.75. The molecule has 4 heteroatoms. The van der Waals surface area contributed by atoms with Crippen LogP contribution in [0, 0.1) is 18.8 Å². The quantitative estimate of drug-likeness (QED) is 0.859. The van der Waals surface area contributed by atoms with Gasteiger partial charge in [0, 0.05) is 17.3 Å². The lowest BCUT2D eigenvalue weighted by Crippen LogP contribution is -2.40. The predicted octanol–water partition coefficient (Wildman–Crippen LogP) is 2.53. The number of anilines is 1. The van der Waals surface area contributed by atoms with E-state index in [2.05, 4.69) is 24.1 Å². The molecule has 2 unspecified atom stereocenters. The number of nitrogens with one attached hydrogen (secondary N) is 1. The SMILES string of the molecule is Cc1cc(C(=O)NC2CC(C)CC(C)C2)cc(N)n1. The number of pyridine rings is 1. The fraction of sp³-hybridized carbons (Fsp3) is 0.600. The first-order valence-corrected chi connectivity index (χ1v) is 6.99. The molecule has 1 aromatic heterocycles. The minimum absolute atomic E-state index is 0.0384. The Morgan fingerprint density at radius 1 is 1.26 bits per heavy atom. The molecule has 0 saturated heterocycles. The molecule has 1 aromatic rings. The van der Waals surface area contributed by atoms with E-state index in [1.807, 2.05) is 6.92 Å². The summed E-state index contributed by atoms with van der Waals surface area (Å²) in [5.41, 5.74) is 7.06. The van der Waals surface area contributed by atoms with Crippen molar-refractivity contribution in [3.8, 4) is 0 Å². The van der Waals surface area contributed by atoms with Crippen LogP contribution in [0.25, 0.3) is 0 Å². The van der Waals surface area contributed by atoms with E-state index in [1.165, 1.54) is 6.42 Å². The molecule has 19 heavy (non-hydrogen) atoms. The molecule has 0 aliphatic heterocycles. The molecule has 3 N–H and O–H groups in total. The average Bonchev–Trinajstić information content (AvgIpc) is 2.25. The number of aromatic nitrogens is 1. The first kappa shape index (κ1) is 13.8. The van der Waals surface area contributed by atoms with Gasteiger partial charge in [0.2, 0.25) is 0 Å². The maximum absolute atomic E-state index is 12.2. The number of carbonyl (C=O) groups is 1. The Kier molecular flexibility index (Phi) is 4.08. The van der Waals surface area contributed by atoms with Crippen LogP contribution in [0.3, 0.4) is 0 Å². The third kappa shape index (κ3) is 3.69. The van der Waals surface area contributed by atoms with Crippen LogP contribution in [0.4, 0.5) is 5.82 Å². The van der Waals surface area contributed by atoms with Gasteiger partial charge in [-0.3, -0.25) is 4.79 Å². The third-order valence-electron chi connectivity index (χ3n) is 3.75. The van der Waals surface area contributed by atoms with Gasteiger partial charge >= 0.3 is 0 Å². The van der Waals surface area contributed by atoms with E-state index in [-0.39, 0.29) is 11.9 Å². The summed E-state index contributed by atoms with van der Waals surface area (Å²) >= 11 is 0. The lowest BCUT2D eigenvalue weighted by molar-refractivity contribution is 0.0911. The second-order valence-electron chi connectivity index (χ2n) is 6.01. The molecule has 4 nitrogen and oxygen atoms in total. The highest BCUT2D eigenvalue weighted by Gasteiger charge is 2.25. The number of amides is 1. The van der Waals surface area contributed by atoms with Crippen molar-refractivity contribution < 1.29 is 4.79 Å². The van der Waals surface area contributed by atoms with Gasteiger partial charge in [-0.2, -0.15) is 0 Å². The van der Waals surface area contributed by atoms with Crippen LogP contribution in [0.1, 0.15) is 49.2 Å². The lowest BCUT2D eigenvalue weighted by Gasteiger charge is -2.32. The van der Waals surface area contributed by atoms with Crippen molar-refractivity contribution in [2.24, 2.45) is 11.8 Å². The summed E-state index contributed by atoms with van der Waals surface area (Å²) in [6.07, 6.45) is 3.39. The second kappa shape index (κ2) is 5.59. The minimum Gasteiger partial charge on any atom is -0.384 e. The highest BCUT2D eigenvalue weighted by atomic mass is 16.1. The van der Waals surface area contributed by atoms with Gasteiger partial charge in [0.15, 0.2) is 0 Å². The van der Waals surface area contributed by atoms with Crippen LogP contribution in [-0.4, -0.2) is 16.9 Å². The summed E-state index contributed by atoms with van der Waals surface area (Å²) < 4.78 is 0. The Labute approximate surface area is 114 Å². The highest BCUT2D eigenvalue weighted by molar-refractivity contribution is 5.95. The first-order valence-electron chi connectivity index (χ1n) is 6.99. The molecule has 1 aliphatic rings. The smallest absolute Gasteiger partial charge is 0.251 e. The average molecular weight is 261 g/mol. The standard InChI is InChI=1S/C15H23N3O/c1-9-4-10(2)6-13(5-9)18-15(19)12-7-11(3)17-14(16)8-12/h7-10,13H,4-6H2,1-3H3,(H2,16,17)(H,18,19). The van der Waals surface area contributed by atoms with Crippen molar-refractivity contribution in [1.82, 2.24) is 10.3 Å². The van der Waals surface area contributed by atoms with Crippen LogP contribution in [-0.2, 0) is 0 Å². The van der Waals surface area contributed by atoms with Gasteiger partial charge in [-0.05, 0) is 50.2 Å². The molecule has 1 aliphatic carbocycles. The zero-order valence-electron chi connectivity index (χ0n) is 11.9. The fourth-order valence-corrected chi connectivity index (χ4v) is 3.16. The Morgan fingerprint density at radius 3 is 2.47 bits per heavy atom. The Bertz CT molecular complexity index is 442. The van der Waals surface area contributed by atoms with Gasteiger partial charge in [-0.1, -0.05) is 13.8 Å². The molecule has 104 valence electrons. The van der Waals surface area contributed by atoms with E-state index in [4.69, 9.17) is 5.73 Å². The molecule has 2 rings (SSSR count). The van der Waals surface area contributed by atoms with E-state index in [0.29, 0.717) is 23.2 Å². The van der Waals surface area contributed by atoms with Gasteiger partial charge in [0.05, 0.1) is 0 Å². The molecule has 0 aromatic carbocycles. The van der Waals surface area contributed by atoms with Crippen LogP contribution in [0.15, 0.2) is 12.1 Å². The molecule has 1 saturated carbocycles. The number of nitrogens with zero attached hydrogens (tertiary/aromatic N) is 1. The second-order valence-corrected chi connectivity index (χ2v) is 6.01. The summed E-state index contributed by atoms with van der Waals surface area (Å²) in [5, 5.41) is 3.13. The van der Waals surface area contributed by atoms with Crippen molar-refractivity contribution >= 4 is 11.7 Å². The number of nitrogens with two attached hydrogens (primary N) is 1. The maximum Gasteiger partial charge on any atom is 0.251 e. The zero-order valence-corrected chi connectivity index (χ0v) is 11.9. The van der Waals surface area contributed by atoms with E-state index in [9.17, 15) is 4.79 Å². The summed E-state index contributed by atoms with van der Waals surface area (Å²) in [5.74, 6) is 1.72. The summed E-state index contributed by atoms with van der Waals surface area (Å²) in [6.45, 7) is 6.35. The van der Waals surface area contributed by atoms with Crippen LogP contribution in [0.5, 0.6) is 0 Å². The number of aryl methyl sites for hydroxylation is 1. The van der Waals surface area contributed by atoms with Gasteiger partial charge in [0.25, 0.3) is 5.91 Å². The lowest BCUT2D eigenvalue weighted by atomic mass is 9.80. The molecule has 0 bridgehead atoms. The van der Waals surface area contributed by atoms with Crippen LogP contribution in [0.2, 0.25) is 0 Å². The van der Waals surface area contributed by atoms with Gasteiger partial charge in [-0.25, -0.2) is 4.98 Å². The summed E-state index contributed by atoms with van der Waals surface area (Å²) in [4.78, 5) is 16.3. The monoisotopic (exact) mass is 261 g/mol. The molecular weight excluding hydrogens is 238 g/mol. The molecule has 0 spiro atoms. The fourth-order valence-electron chi connectivity index (χ4n) is 3.16. The Balaban J connectivity index is 2.04. The van der Waals surface area contributed by atoms with E-state index < -0.39 is 0 Å². The first-order chi connectivity index (χ1) is 8.94. The number of hydrogen-bond donors (Lipinski definition) is 2. The van der Waals surface area contributed by atoms with E-state index >= 15 is 0 Å². The number of nitrogen functional groups attached to an aromatic ring is 1. The van der Waals surface area contributed by atoms with Crippen molar-refractivity contribution in [2.45, 2.75) is 46.1 Å². The van der Waals surface area contributed by atoms with Crippen LogP contribution < -0.4 is 11.1 Å². The van der Waals surface area contributed by atoms with Crippen LogP contribution >= 0.6 is 0 Å².